The molecule has 0 bridgehead atoms. The van der Waals surface area contributed by atoms with Crippen LogP contribution in [0, 0.1) is 0 Å². The number of aromatic nitrogens is 4. The van der Waals surface area contributed by atoms with Crippen LogP contribution in [0.25, 0.3) is 11.0 Å². The van der Waals surface area contributed by atoms with Crippen LogP contribution in [-0.4, -0.2) is 54.1 Å². The molecule has 0 radical (unpaired) electrons. The van der Waals surface area contributed by atoms with E-state index in [9.17, 15) is 8.42 Å². The van der Waals surface area contributed by atoms with Crippen LogP contribution < -0.4 is 9.62 Å². The van der Waals surface area contributed by atoms with Gasteiger partial charge in [-0.05, 0) is 12.8 Å². The van der Waals surface area contributed by atoms with E-state index in [4.69, 9.17) is 0 Å². The van der Waals surface area contributed by atoms with E-state index in [0.717, 1.165) is 36.2 Å². The van der Waals surface area contributed by atoms with Crippen molar-refractivity contribution >= 4 is 26.9 Å². The zero-order chi connectivity index (χ0) is 14.9. The summed E-state index contributed by atoms with van der Waals surface area (Å²) in [6.07, 6.45) is 6.79. The topological polar surface area (TPSA) is 93.0 Å². The lowest BCUT2D eigenvalue weighted by Gasteiger charge is -2.16. The van der Waals surface area contributed by atoms with Gasteiger partial charge in [-0.25, -0.2) is 27.8 Å². The van der Waals surface area contributed by atoms with Crippen LogP contribution in [0.1, 0.15) is 12.8 Å². The van der Waals surface area contributed by atoms with Crippen LogP contribution in [0.2, 0.25) is 0 Å². The van der Waals surface area contributed by atoms with Crippen molar-refractivity contribution in [2.45, 2.75) is 19.4 Å². The number of hydrogen-bond donors (Lipinski definition) is 1. The van der Waals surface area contributed by atoms with E-state index >= 15 is 0 Å². The average Bonchev–Trinajstić information content (AvgIpc) is 3.06. The summed E-state index contributed by atoms with van der Waals surface area (Å²) in [7, 11) is -3.18. The summed E-state index contributed by atoms with van der Waals surface area (Å²) >= 11 is 0. The molecule has 0 unspecified atom stereocenters. The van der Waals surface area contributed by atoms with Crippen molar-refractivity contribution in [3.8, 4) is 0 Å². The van der Waals surface area contributed by atoms with Crippen LogP contribution in [-0.2, 0) is 16.6 Å². The van der Waals surface area contributed by atoms with Gasteiger partial charge in [-0.2, -0.15) is 5.10 Å². The molecule has 9 heteroatoms. The third-order valence-corrected chi connectivity index (χ3v) is 4.23. The third-order valence-electron chi connectivity index (χ3n) is 3.51. The highest BCUT2D eigenvalue weighted by Gasteiger charge is 2.18. The molecule has 1 aliphatic heterocycles. The predicted molar refractivity (Wildman–Crippen MR) is 79.6 cm³/mol. The fourth-order valence-electron chi connectivity index (χ4n) is 2.56. The number of hydrogen-bond acceptors (Lipinski definition) is 6. The normalized spacial score (nSPS) is 16.0. The number of fused-ring (bicyclic) bond motifs is 1. The summed E-state index contributed by atoms with van der Waals surface area (Å²) in [6, 6.07) is 0. The standard InChI is InChI=1S/C12H18N6O2S/c1-21(19,20)16-4-7-18-12-10(8-15-18)11(13-9-14-12)17-5-2-3-6-17/h8-9,16H,2-7H2,1H3. The first-order valence-corrected chi connectivity index (χ1v) is 8.80. The summed E-state index contributed by atoms with van der Waals surface area (Å²) in [5.74, 6) is 0.917. The largest absolute Gasteiger partial charge is 0.356 e. The minimum Gasteiger partial charge on any atom is -0.356 e. The molecule has 114 valence electrons. The van der Waals surface area contributed by atoms with Gasteiger partial charge >= 0.3 is 0 Å². The van der Waals surface area contributed by atoms with Crippen LogP contribution in [0.3, 0.4) is 0 Å². The molecule has 1 N–H and O–H groups in total. The number of nitrogens with one attached hydrogen (secondary N) is 1. The fourth-order valence-corrected chi connectivity index (χ4v) is 3.02. The first-order chi connectivity index (χ1) is 10.0. The molecule has 2 aromatic rings. The van der Waals surface area contributed by atoms with Crippen molar-refractivity contribution in [3.63, 3.8) is 0 Å². The molecule has 0 spiro atoms. The van der Waals surface area contributed by atoms with Gasteiger partial charge in [0.2, 0.25) is 10.0 Å². The van der Waals surface area contributed by atoms with Gasteiger partial charge in [-0.15, -0.1) is 0 Å². The minimum absolute atomic E-state index is 0.290. The molecule has 8 nitrogen and oxygen atoms in total. The molecule has 0 aromatic carbocycles. The van der Waals surface area contributed by atoms with Crippen LogP contribution in [0.4, 0.5) is 5.82 Å². The van der Waals surface area contributed by atoms with Crippen LogP contribution in [0.15, 0.2) is 12.5 Å². The van der Waals surface area contributed by atoms with Gasteiger partial charge in [-0.1, -0.05) is 0 Å². The Morgan fingerprint density at radius 3 is 2.76 bits per heavy atom. The van der Waals surface area contributed by atoms with E-state index in [-0.39, 0.29) is 0 Å². The number of anilines is 1. The molecule has 21 heavy (non-hydrogen) atoms. The molecule has 0 aliphatic carbocycles. The Morgan fingerprint density at radius 1 is 1.29 bits per heavy atom. The van der Waals surface area contributed by atoms with Crippen molar-refractivity contribution in [2.75, 3.05) is 30.8 Å². The molecule has 1 fully saturated rings. The number of sulfonamides is 1. The Bertz CT molecular complexity index is 735. The maximum atomic E-state index is 11.1. The molecule has 3 rings (SSSR count). The summed E-state index contributed by atoms with van der Waals surface area (Å²) < 4.78 is 26.3. The molecule has 0 atom stereocenters. The highest BCUT2D eigenvalue weighted by atomic mass is 32.2. The van der Waals surface area contributed by atoms with Crippen LogP contribution >= 0.6 is 0 Å². The lowest BCUT2D eigenvalue weighted by Crippen LogP contribution is -2.26. The summed E-state index contributed by atoms with van der Waals surface area (Å²) in [4.78, 5) is 10.9. The van der Waals surface area contributed by atoms with E-state index in [1.165, 1.54) is 19.2 Å². The lowest BCUT2D eigenvalue weighted by molar-refractivity contribution is 0.569. The SMILES string of the molecule is CS(=O)(=O)NCCn1ncc2c(N3CCCC3)ncnc21. The lowest BCUT2D eigenvalue weighted by atomic mass is 10.3. The summed E-state index contributed by atoms with van der Waals surface area (Å²) in [6.45, 7) is 2.74. The predicted octanol–water partition coefficient (Wildman–Crippen LogP) is -0.0243. The zero-order valence-corrected chi connectivity index (χ0v) is 12.7. The quantitative estimate of drug-likeness (QED) is 0.834. The maximum absolute atomic E-state index is 11.1. The fraction of sp³-hybridized carbons (Fsp3) is 0.583. The van der Waals surface area contributed by atoms with Gasteiger partial charge in [0, 0.05) is 19.6 Å². The molecule has 2 aromatic heterocycles. The van der Waals surface area contributed by atoms with Crippen LogP contribution in [0.5, 0.6) is 0 Å². The van der Waals surface area contributed by atoms with Gasteiger partial charge in [0.1, 0.15) is 12.1 Å². The molecule has 1 saturated heterocycles. The molecule has 1 aliphatic rings. The van der Waals surface area contributed by atoms with Gasteiger partial charge in [-0.3, -0.25) is 0 Å². The summed E-state index contributed by atoms with van der Waals surface area (Å²) in [5.41, 5.74) is 0.738. The van der Waals surface area contributed by atoms with Crippen molar-refractivity contribution in [1.82, 2.24) is 24.5 Å². The third kappa shape index (κ3) is 3.13. The average molecular weight is 310 g/mol. The van der Waals surface area contributed by atoms with E-state index < -0.39 is 10.0 Å². The summed E-state index contributed by atoms with van der Waals surface area (Å²) in [5, 5.41) is 5.22. The highest BCUT2D eigenvalue weighted by molar-refractivity contribution is 7.88. The Labute approximate surface area is 123 Å². The molecule has 0 amide bonds. The number of rotatable bonds is 5. The highest BCUT2D eigenvalue weighted by Crippen LogP contribution is 2.25. The minimum atomic E-state index is -3.18. The molecule has 0 saturated carbocycles. The van der Waals surface area contributed by atoms with E-state index in [2.05, 4.69) is 24.7 Å². The molecule has 3 heterocycles. The smallest absolute Gasteiger partial charge is 0.208 e. The second-order valence-electron chi connectivity index (χ2n) is 5.16. The number of nitrogens with zero attached hydrogens (tertiary/aromatic N) is 5. The Kier molecular flexibility index (Phi) is 3.77. The van der Waals surface area contributed by atoms with Crippen molar-refractivity contribution in [1.29, 1.82) is 0 Å². The monoisotopic (exact) mass is 310 g/mol. The first kappa shape index (κ1) is 14.2. The van der Waals surface area contributed by atoms with Crippen molar-refractivity contribution < 1.29 is 8.42 Å². The first-order valence-electron chi connectivity index (χ1n) is 6.91. The Hall–Kier alpha value is -1.74. The Morgan fingerprint density at radius 2 is 2.05 bits per heavy atom. The molecular formula is C12H18N6O2S. The Balaban J connectivity index is 1.83. The van der Waals surface area contributed by atoms with E-state index in [1.54, 1.807) is 10.9 Å². The zero-order valence-electron chi connectivity index (χ0n) is 11.9. The van der Waals surface area contributed by atoms with Crippen molar-refractivity contribution in [3.05, 3.63) is 12.5 Å². The maximum Gasteiger partial charge on any atom is 0.208 e. The molecular weight excluding hydrogens is 292 g/mol. The second-order valence-corrected chi connectivity index (χ2v) is 7.00. The van der Waals surface area contributed by atoms with Gasteiger partial charge in [0.05, 0.1) is 24.4 Å². The van der Waals surface area contributed by atoms with E-state index in [1.807, 2.05) is 0 Å². The van der Waals surface area contributed by atoms with E-state index in [0.29, 0.717) is 13.1 Å². The van der Waals surface area contributed by atoms with Crippen molar-refractivity contribution in [2.24, 2.45) is 0 Å². The van der Waals surface area contributed by atoms with Gasteiger partial charge in [0.15, 0.2) is 5.65 Å². The second kappa shape index (κ2) is 5.57. The van der Waals surface area contributed by atoms with Gasteiger partial charge in [0.25, 0.3) is 0 Å². The van der Waals surface area contributed by atoms with Gasteiger partial charge < -0.3 is 4.90 Å².